The highest BCUT2D eigenvalue weighted by atomic mass is 32.2. The molecule has 6 nitrogen and oxygen atoms in total. The third-order valence-electron chi connectivity index (χ3n) is 6.09. The molecule has 4 aromatic rings. The lowest BCUT2D eigenvalue weighted by atomic mass is 10.0. The minimum absolute atomic E-state index is 0.0955. The maximum atomic E-state index is 13.2. The predicted molar refractivity (Wildman–Crippen MR) is 147 cm³/mol. The Hall–Kier alpha value is -3.36. The molecule has 0 saturated carbocycles. The van der Waals surface area contributed by atoms with E-state index in [0.717, 1.165) is 21.9 Å². The normalized spacial score (nSPS) is 12.3. The number of sulfonamides is 2. The van der Waals surface area contributed by atoms with E-state index >= 15 is 0 Å². The van der Waals surface area contributed by atoms with Gasteiger partial charge < -0.3 is 0 Å². The van der Waals surface area contributed by atoms with Gasteiger partial charge in [-0.05, 0) is 70.1 Å². The summed E-state index contributed by atoms with van der Waals surface area (Å²) in [6, 6.07) is 24.0. The topological polar surface area (TPSA) is 92.3 Å². The lowest BCUT2D eigenvalue weighted by Gasteiger charge is -2.17. The molecule has 8 heteroatoms. The lowest BCUT2D eigenvalue weighted by molar-refractivity contribution is 0.599. The van der Waals surface area contributed by atoms with E-state index in [0.29, 0.717) is 0 Å². The summed E-state index contributed by atoms with van der Waals surface area (Å²) in [5, 5.41) is 1.55. The van der Waals surface area contributed by atoms with Gasteiger partial charge in [0.15, 0.2) is 0 Å². The zero-order valence-corrected chi connectivity index (χ0v) is 22.3. The van der Waals surface area contributed by atoms with Crippen LogP contribution >= 0.6 is 0 Å². The van der Waals surface area contributed by atoms with Crippen LogP contribution in [0.5, 0.6) is 0 Å². The third-order valence-corrected chi connectivity index (χ3v) is 8.85. The van der Waals surface area contributed by atoms with Crippen LogP contribution < -0.4 is 9.44 Å². The van der Waals surface area contributed by atoms with Crippen LogP contribution in [0.25, 0.3) is 10.8 Å². The summed E-state index contributed by atoms with van der Waals surface area (Å²) in [5.41, 5.74) is 2.33. The summed E-state index contributed by atoms with van der Waals surface area (Å²) in [6.45, 7) is 8.13. The average Bonchev–Trinajstić information content (AvgIpc) is 2.84. The molecule has 0 unspecified atom stereocenters. The fourth-order valence-electron chi connectivity index (χ4n) is 3.88. The molecule has 0 amide bonds. The highest BCUT2D eigenvalue weighted by Crippen LogP contribution is 2.32. The standard InChI is InChI=1S/C28H30N2O4S2/c1-19(2)21-9-13-25(14-10-21)35(31,32)29-27-17-23-7-5-6-8-24(23)18-28(27)30-36(33,34)26-15-11-22(12-16-26)20(3)4/h5-20,29-30H,1-4H3. The van der Waals surface area contributed by atoms with Gasteiger partial charge in [-0.15, -0.1) is 0 Å². The number of nitrogens with one attached hydrogen (secondary N) is 2. The second-order valence-electron chi connectivity index (χ2n) is 9.40. The van der Waals surface area contributed by atoms with E-state index < -0.39 is 20.0 Å². The van der Waals surface area contributed by atoms with E-state index in [1.54, 1.807) is 60.7 Å². The first-order valence-corrected chi connectivity index (χ1v) is 14.7. The summed E-state index contributed by atoms with van der Waals surface area (Å²) in [6.07, 6.45) is 0. The van der Waals surface area contributed by atoms with E-state index in [9.17, 15) is 16.8 Å². The summed E-state index contributed by atoms with van der Waals surface area (Å²) in [7, 11) is -7.93. The van der Waals surface area contributed by atoms with Gasteiger partial charge in [0.2, 0.25) is 0 Å². The van der Waals surface area contributed by atoms with Crippen molar-refractivity contribution in [3.63, 3.8) is 0 Å². The molecule has 4 aromatic carbocycles. The fraction of sp³-hybridized carbons (Fsp3) is 0.214. The monoisotopic (exact) mass is 522 g/mol. The largest absolute Gasteiger partial charge is 0.277 e. The van der Waals surface area contributed by atoms with Crippen LogP contribution in [0.1, 0.15) is 50.7 Å². The highest BCUT2D eigenvalue weighted by molar-refractivity contribution is 7.93. The molecule has 0 bridgehead atoms. The van der Waals surface area contributed by atoms with Crippen molar-refractivity contribution in [3.05, 3.63) is 96.1 Å². The minimum Gasteiger partial charge on any atom is -0.277 e. The molecule has 0 saturated heterocycles. The summed E-state index contributed by atoms with van der Waals surface area (Å²) < 4.78 is 58.1. The van der Waals surface area contributed by atoms with E-state index in [1.165, 1.54) is 0 Å². The van der Waals surface area contributed by atoms with Gasteiger partial charge in [0, 0.05) is 0 Å². The van der Waals surface area contributed by atoms with Crippen molar-refractivity contribution in [1.29, 1.82) is 0 Å². The average molecular weight is 523 g/mol. The van der Waals surface area contributed by atoms with Gasteiger partial charge >= 0.3 is 0 Å². The van der Waals surface area contributed by atoms with Gasteiger partial charge in [0.25, 0.3) is 20.0 Å². The summed E-state index contributed by atoms with van der Waals surface area (Å²) in [4.78, 5) is 0.191. The second-order valence-corrected chi connectivity index (χ2v) is 12.8. The lowest BCUT2D eigenvalue weighted by Crippen LogP contribution is -2.18. The number of benzene rings is 4. The molecule has 0 fully saturated rings. The smallest absolute Gasteiger partial charge is 0.261 e. The molecule has 188 valence electrons. The minimum atomic E-state index is -3.97. The van der Waals surface area contributed by atoms with E-state index in [-0.39, 0.29) is 33.0 Å². The van der Waals surface area contributed by atoms with Crippen LogP contribution in [-0.2, 0) is 20.0 Å². The number of fused-ring (bicyclic) bond motifs is 1. The zero-order chi connectivity index (χ0) is 26.1. The number of rotatable bonds is 8. The third kappa shape index (κ3) is 5.55. The Morgan fingerprint density at radius 2 is 0.861 bits per heavy atom. The second kappa shape index (κ2) is 9.95. The van der Waals surface area contributed by atoms with Crippen LogP contribution in [-0.4, -0.2) is 16.8 Å². The Labute approximate surface area is 213 Å². The Balaban J connectivity index is 1.73. The zero-order valence-electron chi connectivity index (χ0n) is 20.7. The van der Waals surface area contributed by atoms with Crippen LogP contribution in [0.15, 0.2) is 94.7 Å². The fourth-order valence-corrected chi connectivity index (χ4v) is 6.02. The van der Waals surface area contributed by atoms with E-state index in [2.05, 4.69) is 9.44 Å². The SMILES string of the molecule is CC(C)c1ccc(S(=O)(=O)Nc2cc3ccccc3cc2NS(=O)(=O)c2ccc(C(C)C)cc2)cc1. The molecule has 0 radical (unpaired) electrons. The van der Waals surface area contributed by atoms with Crippen LogP contribution in [0, 0.1) is 0 Å². The van der Waals surface area contributed by atoms with Crippen molar-refractivity contribution >= 4 is 42.2 Å². The first-order valence-electron chi connectivity index (χ1n) is 11.7. The first kappa shape index (κ1) is 25.7. The maximum Gasteiger partial charge on any atom is 0.261 e. The first-order chi connectivity index (χ1) is 17.0. The summed E-state index contributed by atoms with van der Waals surface area (Å²) in [5.74, 6) is 0.539. The van der Waals surface area contributed by atoms with E-state index in [1.807, 2.05) is 52.0 Å². The Bertz CT molecular complexity index is 1470. The molecule has 0 atom stereocenters. The van der Waals surface area contributed by atoms with Gasteiger partial charge in [-0.25, -0.2) is 16.8 Å². The number of hydrogen-bond donors (Lipinski definition) is 2. The number of anilines is 2. The summed E-state index contributed by atoms with van der Waals surface area (Å²) >= 11 is 0. The van der Waals surface area contributed by atoms with Gasteiger partial charge in [0.1, 0.15) is 0 Å². The molecule has 0 aliphatic carbocycles. The van der Waals surface area contributed by atoms with Crippen LogP contribution in [0.2, 0.25) is 0 Å². The number of hydrogen-bond acceptors (Lipinski definition) is 4. The molecule has 4 rings (SSSR count). The molecule has 0 aliphatic rings. The molecule has 0 spiro atoms. The van der Waals surface area contributed by atoms with Gasteiger partial charge in [-0.2, -0.15) is 0 Å². The predicted octanol–water partition coefficient (Wildman–Crippen LogP) is 6.69. The Kier molecular flexibility index (Phi) is 7.11. The quantitative estimate of drug-likeness (QED) is 0.270. The van der Waals surface area contributed by atoms with Crippen LogP contribution in [0.3, 0.4) is 0 Å². The molecule has 36 heavy (non-hydrogen) atoms. The van der Waals surface area contributed by atoms with Crippen molar-refractivity contribution < 1.29 is 16.8 Å². The van der Waals surface area contributed by atoms with Crippen molar-refractivity contribution in [2.24, 2.45) is 0 Å². The Morgan fingerprint density at radius 1 is 0.528 bits per heavy atom. The molecular formula is C28H30N2O4S2. The van der Waals surface area contributed by atoms with Gasteiger partial charge in [-0.1, -0.05) is 76.2 Å². The highest BCUT2D eigenvalue weighted by Gasteiger charge is 2.21. The molecule has 0 heterocycles. The van der Waals surface area contributed by atoms with Crippen molar-refractivity contribution in [2.75, 3.05) is 9.44 Å². The van der Waals surface area contributed by atoms with Crippen LogP contribution in [0.4, 0.5) is 11.4 Å². The molecule has 0 aliphatic heterocycles. The Morgan fingerprint density at radius 3 is 1.17 bits per heavy atom. The van der Waals surface area contributed by atoms with Crippen molar-refractivity contribution in [1.82, 2.24) is 0 Å². The van der Waals surface area contributed by atoms with Crippen molar-refractivity contribution in [3.8, 4) is 0 Å². The molecular weight excluding hydrogens is 492 g/mol. The van der Waals surface area contributed by atoms with Gasteiger partial charge in [0.05, 0.1) is 21.2 Å². The van der Waals surface area contributed by atoms with Gasteiger partial charge in [-0.3, -0.25) is 9.44 Å². The molecule has 2 N–H and O–H groups in total. The molecule has 0 aromatic heterocycles. The van der Waals surface area contributed by atoms with E-state index in [4.69, 9.17) is 0 Å². The maximum absolute atomic E-state index is 13.2. The van der Waals surface area contributed by atoms with Crippen molar-refractivity contribution in [2.45, 2.75) is 49.3 Å².